The van der Waals surface area contributed by atoms with Crippen molar-refractivity contribution in [2.24, 2.45) is 14.1 Å². The number of ketones is 1. The molecule has 0 N–H and O–H groups in total. The van der Waals surface area contributed by atoms with Crippen LogP contribution in [0.2, 0.25) is 0 Å². The van der Waals surface area contributed by atoms with E-state index in [4.69, 9.17) is 0 Å². The molecule has 30 heavy (non-hydrogen) atoms. The van der Waals surface area contributed by atoms with Gasteiger partial charge in [0.2, 0.25) is 0 Å². The fourth-order valence-electron chi connectivity index (χ4n) is 3.09. The van der Waals surface area contributed by atoms with E-state index in [1.807, 2.05) is 48.0 Å². The first kappa shape index (κ1) is 24.0. The van der Waals surface area contributed by atoms with Crippen LogP contribution < -0.4 is 16.1 Å². The fourth-order valence-corrected chi connectivity index (χ4v) is 4.01. The van der Waals surface area contributed by atoms with Gasteiger partial charge in [0, 0.05) is 50.8 Å². The van der Waals surface area contributed by atoms with Gasteiger partial charge in [0.25, 0.3) is 5.56 Å². The van der Waals surface area contributed by atoms with Crippen LogP contribution in [-0.4, -0.2) is 59.3 Å². The monoisotopic (exact) mass is 432 g/mol. The third-order valence-corrected chi connectivity index (χ3v) is 6.27. The molecule has 0 radical (unpaired) electrons. The molecule has 0 amide bonds. The number of unbranched alkanes of at least 4 members (excludes halogenated alkanes) is 1. The summed E-state index contributed by atoms with van der Waals surface area (Å²) in [5.41, 5.74) is 0.148. The number of benzene rings is 1. The number of nitrogens with zero attached hydrogens (tertiary/aromatic N) is 4. The number of hydrogen-bond donors (Lipinski definition) is 0. The lowest BCUT2D eigenvalue weighted by Crippen LogP contribution is -2.41. The molecule has 0 saturated carbocycles. The van der Waals surface area contributed by atoms with E-state index < -0.39 is 0 Å². The van der Waals surface area contributed by atoms with Crippen molar-refractivity contribution in [2.45, 2.75) is 24.7 Å². The highest BCUT2D eigenvalue weighted by Crippen LogP contribution is 2.20. The average Bonchev–Trinajstić information content (AvgIpc) is 2.73. The summed E-state index contributed by atoms with van der Waals surface area (Å²) >= 11 is 1.81. The SMILES string of the molecule is CC(=O)c1ccc(SCCCCN(C)CCN(C)c2cc(=O)n(C)c(=O)n2C)cc1. The number of thioether (sulfide) groups is 1. The summed E-state index contributed by atoms with van der Waals surface area (Å²) in [7, 11) is 7.16. The molecule has 164 valence electrons. The first-order chi connectivity index (χ1) is 14.2. The minimum Gasteiger partial charge on any atom is -0.360 e. The van der Waals surface area contributed by atoms with Gasteiger partial charge in [-0.1, -0.05) is 12.1 Å². The van der Waals surface area contributed by atoms with Gasteiger partial charge >= 0.3 is 5.69 Å². The standard InChI is InChI=1S/C22H32N4O3S/c1-17(27)18-8-10-19(11-9-18)30-15-7-6-12-23(2)13-14-24(3)20-16-21(28)26(5)22(29)25(20)4/h8-11,16H,6-7,12-15H2,1-5H3. The Morgan fingerprint density at radius 2 is 1.63 bits per heavy atom. The molecule has 8 heteroatoms. The van der Waals surface area contributed by atoms with Crippen LogP contribution in [0.25, 0.3) is 0 Å². The van der Waals surface area contributed by atoms with Crippen LogP contribution >= 0.6 is 11.8 Å². The smallest absolute Gasteiger partial charge is 0.332 e. The molecule has 0 atom stereocenters. The van der Waals surface area contributed by atoms with E-state index >= 15 is 0 Å². The van der Waals surface area contributed by atoms with E-state index in [-0.39, 0.29) is 17.0 Å². The van der Waals surface area contributed by atoms with Crippen molar-refractivity contribution < 1.29 is 4.79 Å². The largest absolute Gasteiger partial charge is 0.360 e. The number of anilines is 1. The quantitative estimate of drug-likeness (QED) is 0.308. The predicted molar refractivity (Wildman–Crippen MR) is 124 cm³/mol. The van der Waals surface area contributed by atoms with Crippen molar-refractivity contribution >= 4 is 23.4 Å². The van der Waals surface area contributed by atoms with Gasteiger partial charge in [0.05, 0.1) is 0 Å². The Balaban J connectivity index is 1.70. The van der Waals surface area contributed by atoms with E-state index in [1.165, 1.54) is 22.6 Å². The van der Waals surface area contributed by atoms with E-state index in [0.29, 0.717) is 5.82 Å². The fraction of sp³-hybridized carbons (Fsp3) is 0.500. The summed E-state index contributed by atoms with van der Waals surface area (Å²) in [6.07, 6.45) is 2.21. The summed E-state index contributed by atoms with van der Waals surface area (Å²) in [5.74, 6) is 1.77. The van der Waals surface area contributed by atoms with Gasteiger partial charge in [-0.2, -0.15) is 0 Å². The first-order valence-electron chi connectivity index (χ1n) is 10.1. The third-order valence-electron chi connectivity index (χ3n) is 5.17. The summed E-state index contributed by atoms with van der Waals surface area (Å²) in [6.45, 7) is 4.15. The normalized spacial score (nSPS) is 11.1. The van der Waals surface area contributed by atoms with E-state index in [0.717, 1.165) is 48.4 Å². The van der Waals surface area contributed by atoms with Crippen LogP contribution in [0.1, 0.15) is 30.1 Å². The molecule has 2 rings (SSSR count). The van der Waals surface area contributed by atoms with Gasteiger partial charge in [-0.05, 0) is 51.2 Å². The topological polar surface area (TPSA) is 67.6 Å². The van der Waals surface area contributed by atoms with Crippen LogP contribution in [0.4, 0.5) is 5.82 Å². The number of carbonyl (C=O) groups excluding carboxylic acids is 1. The van der Waals surface area contributed by atoms with Crippen LogP contribution in [-0.2, 0) is 14.1 Å². The van der Waals surface area contributed by atoms with Gasteiger partial charge in [-0.25, -0.2) is 4.79 Å². The molecule has 1 heterocycles. The number of carbonyl (C=O) groups is 1. The Morgan fingerprint density at radius 3 is 2.27 bits per heavy atom. The molecular weight excluding hydrogens is 400 g/mol. The molecule has 1 aromatic heterocycles. The van der Waals surface area contributed by atoms with Crippen molar-refractivity contribution in [1.29, 1.82) is 0 Å². The molecule has 0 aliphatic carbocycles. The van der Waals surface area contributed by atoms with Gasteiger partial charge < -0.3 is 9.80 Å². The van der Waals surface area contributed by atoms with E-state index in [1.54, 1.807) is 14.0 Å². The third kappa shape index (κ3) is 6.60. The average molecular weight is 433 g/mol. The molecule has 1 aromatic carbocycles. The maximum Gasteiger partial charge on any atom is 0.332 e. The summed E-state index contributed by atoms with van der Waals surface area (Å²) in [5, 5.41) is 0. The van der Waals surface area contributed by atoms with Crippen molar-refractivity contribution in [3.05, 3.63) is 56.7 Å². The minimum absolute atomic E-state index is 0.0946. The van der Waals surface area contributed by atoms with Crippen molar-refractivity contribution in [3.8, 4) is 0 Å². The zero-order valence-electron chi connectivity index (χ0n) is 18.6. The second-order valence-electron chi connectivity index (χ2n) is 7.60. The molecule has 0 aliphatic heterocycles. The van der Waals surface area contributed by atoms with Crippen LogP contribution in [0.3, 0.4) is 0 Å². The zero-order chi connectivity index (χ0) is 22.3. The van der Waals surface area contributed by atoms with Crippen LogP contribution in [0, 0.1) is 0 Å². The number of Topliss-reactive ketones (excluding diaryl/α,β-unsaturated/α-hetero) is 1. The van der Waals surface area contributed by atoms with Gasteiger partial charge in [-0.15, -0.1) is 11.8 Å². The van der Waals surface area contributed by atoms with Crippen molar-refractivity contribution in [3.63, 3.8) is 0 Å². The Kier molecular flexibility index (Phi) is 8.92. The molecule has 0 unspecified atom stereocenters. The second kappa shape index (κ2) is 11.2. The van der Waals surface area contributed by atoms with E-state index in [9.17, 15) is 14.4 Å². The molecule has 0 fully saturated rings. The lowest BCUT2D eigenvalue weighted by Gasteiger charge is -2.25. The number of likely N-dealkylation sites (N-methyl/N-ethyl adjacent to an activating group) is 2. The van der Waals surface area contributed by atoms with Crippen molar-refractivity contribution in [1.82, 2.24) is 14.0 Å². The highest BCUT2D eigenvalue weighted by Gasteiger charge is 2.10. The van der Waals surface area contributed by atoms with Gasteiger partial charge in [0.15, 0.2) is 5.78 Å². The van der Waals surface area contributed by atoms with Crippen molar-refractivity contribution in [2.75, 3.05) is 44.4 Å². The maximum atomic E-state index is 12.1. The Morgan fingerprint density at radius 1 is 0.967 bits per heavy atom. The lowest BCUT2D eigenvalue weighted by atomic mass is 10.2. The second-order valence-corrected chi connectivity index (χ2v) is 8.77. The summed E-state index contributed by atoms with van der Waals surface area (Å²) < 4.78 is 2.61. The maximum absolute atomic E-state index is 12.1. The Labute approximate surface area is 182 Å². The van der Waals surface area contributed by atoms with Crippen LogP contribution in [0.15, 0.2) is 44.8 Å². The van der Waals surface area contributed by atoms with Crippen LogP contribution in [0.5, 0.6) is 0 Å². The zero-order valence-corrected chi connectivity index (χ0v) is 19.4. The Bertz CT molecular complexity index is 966. The number of hydrogen-bond acceptors (Lipinski definition) is 6. The number of rotatable bonds is 11. The minimum atomic E-state index is -0.314. The molecular formula is C22H32N4O3S. The molecule has 0 spiro atoms. The van der Waals surface area contributed by atoms with E-state index in [2.05, 4.69) is 11.9 Å². The lowest BCUT2D eigenvalue weighted by molar-refractivity contribution is 0.101. The molecule has 0 saturated heterocycles. The molecule has 2 aromatic rings. The van der Waals surface area contributed by atoms with Gasteiger partial charge in [0.1, 0.15) is 5.82 Å². The van der Waals surface area contributed by atoms with Gasteiger partial charge in [-0.3, -0.25) is 18.7 Å². The number of aromatic nitrogens is 2. The summed E-state index contributed by atoms with van der Waals surface area (Å²) in [6, 6.07) is 9.28. The summed E-state index contributed by atoms with van der Waals surface area (Å²) in [4.78, 5) is 40.7. The highest BCUT2D eigenvalue weighted by atomic mass is 32.2. The highest BCUT2D eigenvalue weighted by molar-refractivity contribution is 7.99. The predicted octanol–water partition coefficient (Wildman–Crippen LogP) is 2.23. The molecule has 7 nitrogen and oxygen atoms in total. The molecule has 0 aliphatic rings. The first-order valence-corrected chi connectivity index (χ1v) is 11.1. The molecule has 0 bridgehead atoms. The Hall–Kier alpha value is -2.32.